The van der Waals surface area contributed by atoms with Crippen molar-refractivity contribution in [2.24, 2.45) is 23.7 Å². The lowest BCUT2D eigenvalue weighted by atomic mass is 9.55. The number of para-hydroxylation sites is 3. The van der Waals surface area contributed by atoms with Crippen LogP contribution in [0.15, 0.2) is 168 Å². The molecule has 3 nitrogen and oxygen atoms in total. The molecule has 3 fully saturated rings. The van der Waals surface area contributed by atoms with Gasteiger partial charge in [0.15, 0.2) is 0 Å². The Kier molecular flexibility index (Phi) is 7.03. The topological polar surface area (TPSA) is 21.3 Å². The van der Waals surface area contributed by atoms with Gasteiger partial charge in [-0.1, -0.05) is 97.9 Å². The summed E-state index contributed by atoms with van der Waals surface area (Å²) < 4.78 is 8.86. The minimum atomic E-state index is 0.306. The number of fused-ring (bicyclic) bond motifs is 7. The van der Waals surface area contributed by atoms with E-state index in [2.05, 4.69) is 180 Å². The Morgan fingerprint density at radius 3 is 2.04 bits per heavy atom. The van der Waals surface area contributed by atoms with Crippen molar-refractivity contribution in [3.8, 4) is 16.8 Å². The normalized spacial score (nSPS) is 22.8. The van der Waals surface area contributed by atoms with Gasteiger partial charge >= 0.3 is 0 Å². The summed E-state index contributed by atoms with van der Waals surface area (Å²) in [6.45, 7) is 2.50. The fraction of sp³-hybridized carbons (Fsp3) is 0.208. The second kappa shape index (κ2) is 12.2. The zero-order valence-electron chi connectivity index (χ0n) is 31.7. The Bertz CT molecular complexity index is 2910. The Morgan fingerprint density at radius 1 is 0.536 bits per heavy atom. The third kappa shape index (κ3) is 4.83. The molecule has 5 atom stereocenters. The summed E-state index contributed by atoms with van der Waals surface area (Å²) in [5, 5.41) is 4.87. The molecule has 2 heterocycles. The van der Waals surface area contributed by atoms with Crippen LogP contribution in [0.4, 0.5) is 17.1 Å². The highest BCUT2D eigenvalue weighted by atomic mass is 16.3. The molecular formula is C53H44N2O. The van der Waals surface area contributed by atoms with E-state index in [0.717, 1.165) is 57.0 Å². The summed E-state index contributed by atoms with van der Waals surface area (Å²) in [7, 11) is 0. The predicted molar refractivity (Wildman–Crippen MR) is 233 cm³/mol. The van der Waals surface area contributed by atoms with Gasteiger partial charge < -0.3 is 13.9 Å². The lowest BCUT2D eigenvalue weighted by molar-refractivity contribution is 0.0855. The van der Waals surface area contributed by atoms with Crippen molar-refractivity contribution >= 4 is 60.8 Å². The Morgan fingerprint density at radius 2 is 1.23 bits per heavy atom. The number of nitrogens with zero attached hydrogens (tertiary/aromatic N) is 2. The zero-order valence-corrected chi connectivity index (χ0v) is 31.7. The van der Waals surface area contributed by atoms with E-state index in [-0.39, 0.29) is 0 Å². The van der Waals surface area contributed by atoms with Crippen LogP contribution in [-0.2, 0) is 5.41 Å². The lowest BCUT2D eigenvalue weighted by Crippen LogP contribution is -2.43. The third-order valence-corrected chi connectivity index (χ3v) is 14.0. The first-order valence-corrected chi connectivity index (χ1v) is 20.6. The van der Waals surface area contributed by atoms with Crippen molar-refractivity contribution in [3.63, 3.8) is 0 Å². The van der Waals surface area contributed by atoms with E-state index >= 15 is 0 Å². The molecule has 3 unspecified atom stereocenters. The fourth-order valence-corrected chi connectivity index (χ4v) is 12.0. The van der Waals surface area contributed by atoms with Crippen molar-refractivity contribution in [3.05, 3.63) is 169 Å². The molecule has 0 amide bonds. The maximum atomic E-state index is 6.46. The van der Waals surface area contributed by atoms with E-state index in [4.69, 9.17) is 4.42 Å². The van der Waals surface area contributed by atoms with Crippen LogP contribution in [0, 0.1) is 23.7 Å². The van der Waals surface area contributed by atoms with E-state index < -0.39 is 0 Å². The van der Waals surface area contributed by atoms with Crippen LogP contribution in [-0.4, -0.2) is 4.57 Å². The molecule has 0 spiro atoms. The van der Waals surface area contributed by atoms with Crippen LogP contribution in [0.1, 0.15) is 44.6 Å². The average Bonchev–Trinajstić information content (AvgIpc) is 4.00. The first-order valence-electron chi connectivity index (χ1n) is 20.6. The minimum Gasteiger partial charge on any atom is -0.456 e. The summed E-state index contributed by atoms with van der Waals surface area (Å²) in [5.74, 6) is 3.41. The molecule has 9 aromatic rings. The quantitative estimate of drug-likeness (QED) is 0.170. The van der Waals surface area contributed by atoms with Gasteiger partial charge in [-0.3, -0.25) is 0 Å². The summed E-state index contributed by atoms with van der Waals surface area (Å²) >= 11 is 0. The summed E-state index contributed by atoms with van der Waals surface area (Å²) in [4.78, 5) is 2.45. The zero-order chi connectivity index (χ0) is 37.0. The summed E-state index contributed by atoms with van der Waals surface area (Å²) in [6, 6.07) is 60.4. The van der Waals surface area contributed by atoms with Crippen LogP contribution < -0.4 is 4.90 Å². The van der Waals surface area contributed by atoms with Crippen molar-refractivity contribution in [2.45, 2.75) is 44.4 Å². The molecule has 3 heteroatoms. The number of anilines is 3. The molecule has 7 aromatic carbocycles. The molecule has 0 radical (unpaired) electrons. The minimum absolute atomic E-state index is 0.306. The third-order valence-electron chi connectivity index (χ3n) is 14.0. The second-order valence-electron chi connectivity index (χ2n) is 17.2. The first-order chi connectivity index (χ1) is 27.6. The first kappa shape index (κ1) is 32.2. The Labute approximate surface area is 327 Å². The molecule has 0 saturated heterocycles. The van der Waals surface area contributed by atoms with Gasteiger partial charge in [0.1, 0.15) is 11.2 Å². The Balaban J connectivity index is 0.965. The van der Waals surface area contributed by atoms with Crippen LogP contribution in [0.3, 0.4) is 0 Å². The van der Waals surface area contributed by atoms with Crippen LogP contribution in [0.5, 0.6) is 0 Å². The van der Waals surface area contributed by atoms with E-state index in [1.165, 1.54) is 76.4 Å². The van der Waals surface area contributed by atoms with Crippen LogP contribution in [0.25, 0.3) is 60.6 Å². The summed E-state index contributed by atoms with van der Waals surface area (Å²) in [5.41, 5.74) is 13.2. The standard InChI is InChI=1S/C53H44N2O/c1-34-26-38-27-35-28-48(38)53(32-34,33-35)39-11-9-13-42(30-39)54(43-24-25-47-46-16-4-7-19-51(46)56-52(47)31-43)40-22-20-36(21-23-40)37-10-8-12-41(29-37)55-49-17-5-2-14-44(49)45-15-3-6-18-50(45)55/h2-25,29-31,34-35,38,48H,26-28,32-33H2,1H3/t34-,35+,38?,48?,53?/m0/s1. The van der Waals surface area contributed by atoms with Crippen molar-refractivity contribution in [1.82, 2.24) is 4.57 Å². The largest absolute Gasteiger partial charge is 0.456 e. The van der Waals surface area contributed by atoms with Crippen LogP contribution in [0.2, 0.25) is 0 Å². The molecule has 2 aromatic heterocycles. The second-order valence-corrected chi connectivity index (χ2v) is 17.2. The molecule has 12 rings (SSSR count). The maximum absolute atomic E-state index is 6.46. The molecule has 0 aliphatic heterocycles. The van der Waals surface area contributed by atoms with Gasteiger partial charge in [-0.25, -0.2) is 0 Å². The lowest BCUT2D eigenvalue weighted by Gasteiger charge is -2.49. The highest BCUT2D eigenvalue weighted by Gasteiger charge is 2.58. The molecule has 3 aliphatic carbocycles. The molecular weight excluding hydrogens is 681 g/mol. The summed E-state index contributed by atoms with van der Waals surface area (Å²) in [6.07, 6.45) is 6.97. The van der Waals surface area contributed by atoms with Gasteiger partial charge in [-0.05, 0) is 145 Å². The van der Waals surface area contributed by atoms with Crippen LogP contribution >= 0.6 is 0 Å². The number of aromatic nitrogens is 1. The number of furan rings is 1. The van der Waals surface area contributed by atoms with Gasteiger partial charge in [0.25, 0.3) is 0 Å². The number of benzene rings is 7. The van der Waals surface area contributed by atoms with Crippen molar-refractivity contribution in [1.29, 1.82) is 0 Å². The monoisotopic (exact) mass is 724 g/mol. The van der Waals surface area contributed by atoms with E-state index in [1.54, 1.807) is 5.56 Å². The number of hydrogen-bond donors (Lipinski definition) is 0. The van der Waals surface area contributed by atoms with Crippen molar-refractivity contribution < 1.29 is 4.42 Å². The molecule has 3 saturated carbocycles. The number of rotatable bonds is 6. The SMILES string of the molecule is C[C@H]1CC2C[C@@H]3CC2C(c2cccc(N(c4ccc(-c5cccc(-n6c7ccccc7c7ccccc76)c5)cc4)c4ccc5c(c4)oc4ccccc45)c2)(C1)C3. The van der Waals surface area contributed by atoms with Gasteiger partial charge in [-0.2, -0.15) is 0 Å². The molecule has 272 valence electrons. The molecule has 2 bridgehead atoms. The predicted octanol–water partition coefficient (Wildman–Crippen LogP) is 14.5. The van der Waals surface area contributed by atoms with Crippen molar-refractivity contribution in [2.75, 3.05) is 4.90 Å². The van der Waals surface area contributed by atoms with E-state index in [1.807, 2.05) is 0 Å². The number of hydrogen-bond acceptors (Lipinski definition) is 2. The highest BCUT2D eigenvalue weighted by molar-refractivity contribution is 6.09. The maximum Gasteiger partial charge on any atom is 0.137 e. The van der Waals surface area contributed by atoms with Gasteiger partial charge in [0.05, 0.1) is 11.0 Å². The average molecular weight is 725 g/mol. The van der Waals surface area contributed by atoms with E-state index in [9.17, 15) is 0 Å². The van der Waals surface area contributed by atoms with E-state index in [0.29, 0.717) is 5.41 Å². The Hall–Kier alpha value is -6.06. The van der Waals surface area contributed by atoms with Gasteiger partial charge in [0.2, 0.25) is 0 Å². The molecule has 0 N–H and O–H groups in total. The highest BCUT2D eigenvalue weighted by Crippen LogP contribution is 2.66. The smallest absolute Gasteiger partial charge is 0.137 e. The van der Waals surface area contributed by atoms with Gasteiger partial charge in [-0.15, -0.1) is 0 Å². The molecule has 3 aliphatic rings. The van der Waals surface area contributed by atoms with Gasteiger partial charge in [0, 0.05) is 50.4 Å². The molecule has 56 heavy (non-hydrogen) atoms. The fourth-order valence-electron chi connectivity index (χ4n) is 12.0.